The van der Waals surface area contributed by atoms with Gasteiger partial charge in [-0.05, 0) is 29.3 Å². The number of nitrogens with one attached hydrogen (secondary N) is 1. The van der Waals surface area contributed by atoms with Crippen LogP contribution in [0.15, 0.2) is 14.4 Å². The maximum atomic E-state index is 11.6. The number of aryl methyl sites for hydroxylation is 1. The van der Waals surface area contributed by atoms with Crippen LogP contribution < -0.4 is 11.2 Å². The summed E-state index contributed by atoms with van der Waals surface area (Å²) in [7, 11) is 0. The average molecular weight is 251 g/mol. The van der Waals surface area contributed by atoms with E-state index >= 15 is 0 Å². The first-order valence-electron chi connectivity index (χ1n) is 4.81. The van der Waals surface area contributed by atoms with Crippen LogP contribution in [0.2, 0.25) is 0 Å². The first-order valence-corrected chi connectivity index (χ1v) is 4.81. The Morgan fingerprint density at radius 1 is 1.22 bits per heavy atom. The zero-order chi connectivity index (χ0) is 13.1. The van der Waals surface area contributed by atoms with Crippen molar-refractivity contribution in [3.63, 3.8) is 0 Å². The van der Waals surface area contributed by atoms with E-state index in [0.717, 1.165) is 0 Å². The Morgan fingerprint density at radius 3 is 2.44 bits per heavy atom. The molecule has 18 heavy (non-hydrogen) atoms. The molecule has 0 fully saturated rings. The molecular formula is C8H9N7O3. The van der Waals surface area contributed by atoms with Gasteiger partial charge < -0.3 is 5.73 Å². The second-order valence-corrected chi connectivity index (χ2v) is 3.33. The molecule has 0 aliphatic heterocycles. The van der Waals surface area contributed by atoms with E-state index in [2.05, 4.69) is 40.4 Å². The molecule has 0 spiro atoms. The molecule has 1 amide bonds. The molecule has 2 aromatic rings. The number of aromatic nitrogens is 4. The summed E-state index contributed by atoms with van der Waals surface area (Å²) in [5, 5.41) is 17.6. The topological polar surface area (TPSA) is 145 Å². The number of hydrogen-bond acceptors (Lipinski definition) is 9. The summed E-state index contributed by atoms with van der Waals surface area (Å²) >= 11 is 0. The maximum Gasteiger partial charge on any atom is 0.297 e. The fourth-order valence-electron chi connectivity index (χ4n) is 1.15. The molecule has 2 rings (SSSR count). The summed E-state index contributed by atoms with van der Waals surface area (Å²) in [6.07, 6.45) is 0. The van der Waals surface area contributed by atoms with Crippen molar-refractivity contribution in [2.45, 2.75) is 13.8 Å². The van der Waals surface area contributed by atoms with Gasteiger partial charge in [0.2, 0.25) is 11.5 Å². The summed E-state index contributed by atoms with van der Waals surface area (Å²) in [5.74, 6) is -0.748. The van der Waals surface area contributed by atoms with Crippen LogP contribution in [0.3, 0.4) is 0 Å². The van der Waals surface area contributed by atoms with Crippen LogP contribution in [0.5, 0.6) is 0 Å². The lowest BCUT2D eigenvalue weighted by atomic mass is 10.2. The van der Waals surface area contributed by atoms with Gasteiger partial charge in [0.1, 0.15) is 5.69 Å². The predicted molar refractivity (Wildman–Crippen MR) is 57.4 cm³/mol. The second-order valence-electron chi connectivity index (χ2n) is 3.33. The van der Waals surface area contributed by atoms with E-state index in [1.165, 1.54) is 0 Å². The van der Waals surface area contributed by atoms with E-state index in [9.17, 15) is 4.79 Å². The van der Waals surface area contributed by atoms with Gasteiger partial charge in [-0.15, -0.1) is 0 Å². The van der Waals surface area contributed by atoms with Crippen LogP contribution in [-0.2, 0) is 0 Å². The second kappa shape index (κ2) is 4.61. The first-order chi connectivity index (χ1) is 8.59. The Labute approximate surface area is 100 Å². The number of carbonyl (C=O) groups is 1. The summed E-state index contributed by atoms with van der Waals surface area (Å²) in [6, 6.07) is 0. The van der Waals surface area contributed by atoms with Gasteiger partial charge in [0, 0.05) is 0 Å². The standard InChI is InChI=1S/C8H9N7O3/c1-3(5-4(2)12-17-13-5)10-11-8(16)6-7(9)15-18-14-6/h1-2H3,(H2,9,15)(H,11,16). The highest BCUT2D eigenvalue weighted by atomic mass is 16.6. The maximum absolute atomic E-state index is 11.6. The van der Waals surface area contributed by atoms with Gasteiger partial charge in [0.15, 0.2) is 5.69 Å². The molecule has 0 bridgehead atoms. The Kier molecular flexibility index (Phi) is 3.00. The van der Waals surface area contributed by atoms with Gasteiger partial charge in [-0.2, -0.15) is 5.10 Å². The third-order valence-electron chi connectivity index (χ3n) is 2.05. The molecule has 2 heterocycles. The molecule has 0 saturated heterocycles. The Balaban J connectivity index is 2.10. The van der Waals surface area contributed by atoms with Gasteiger partial charge in [-0.3, -0.25) is 4.79 Å². The van der Waals surface area contributed by atoms with Gasteiger partial charge in [0.25, 0.3) is 5.91 Å². The number of rotatable bonds is 3. The number of nitrogen functional groups attached to an aromatic ring is 1. The third kappa shape index (κ3) is 2.16. The average Bonchev–Trinajstić information content (AvgIpc) is 2.94. The molecule has 10 heteroatoms. The third-order valence-corrected chi connectivity index (χ3v) is 2.05. The Bertz CT molecular complexity index is 599. The number of nitrogens with two attached hydrogens (primary N) is 1. The van der Waals surface area contributed by atoms with Gasteiger partial charge >= 0.3 is 0 Å². The highest BCUT2D eigenvalue weighted by molar-refractivity contribution is 6.00. The zero-order valence-corrected chi connectivity index (χ0v) is 9.54. The van der Waals surface area contributed by atoms with Crippen molar-refractivity contribution in [3.05, 3.63) is 17.1 Å². The van der Waals surface area contributed by atoms with E-state index in [1.54, 1.807) is 13.8 Å². The number of carbonyl (C=O) groups excluding carboxylic acids is 1. The lowest BCUT2D eigenvalue weighted by Gasteiger charge is -1.97. The van der Waals surface area contributed by atoms with Crippen molar-refractivity contribution in [1.29, 1.82) is 0 Å². The summed E-state index contributed by atoms with van der Waals surface area (Å²) < 4.78 is 8.81. The summed E-state index contributed by atoms with van der Waals surface area (Å²) in [6.45, 7) is 3.34. The normalized spacial score (nSPS) is 11.6. The smallest absolute Gasteiger partial charge is 0.297 e. The van der Waals surface area contributed by atoms with Gasteiger partial charge in [-0.1, -0.05) is 5.16 Å². The molecule has 0 atom stereocenters. The zero-order valence-electron chi connectivity index (χ0n) is 9.54. The van der Waals surface area contributed by atoms with Crippen LogP contribution in [0.1, 0.15) is 28.8 Å². The van der Waals surface area contributed by atoms with Crippen molar-refractivity contribution >= 4 is 17.4 Å². The fraction of sp³-hybridized carbons (Fsp3) is 0.250. The van der Waals surface area contributed by atoms with E-state index in [0.29, 0.717) is 17.1 Å². The van der Waals surface area contributed by atoms with Gasteiger partial charge in [-0.25, -0.2) is 14.7 Å². The van der Waals surface area contributed by atoms with Crippen molar-refractivity contribution in [2.24, 2.45) is 5.10 Å². The molecule has 10 nitrogen and oxygen atoms in total. The molecule has 2 aromatic heterocycles. The number of amides is 1. The van der Waals surface area contributed by atoms with E-state index in [1.807, 2.05) is 0 Å². The first kappa shape index (κ1) is 11.7. The van der Waals surface area contributed by atoms with Crippen LogP contribution in [-0.4, -0.2) is 32.2 Å². The summed E-state index contributed by atoms with van der Waals surface area (Å²) in [5.41, 5.74) is 8.89. The lowest BCUT2D eigenvalue weighted by Crippen LogP contribution is -2.21. The quantitative estimate of drug-likeness (QED) is 0.548. The van der Waals surface area contributed by atoms with Crippen LogP contribution >= 0.6 is 0 Å². The minimum Gasteiger partial charge on any atom is -0.379 e. The van der Waals surface area contributed by atoms with Crippen LogP contribution in [0.4, 0.5) is 5.82 Å². The molecule has 3 N–H and O–H groups in total. The largest absolute Gasteiger partial charge is 0.379 e. The molecule has 0 aliphatic rings. The number of anilines is 1. The minimum atomic E-state index is -0.637. The van der Waals surface area contributed by atoms with E-state index < -0.39 is 5.91 Å². The summed E-state index contributed by atoms with van der Waals surface area (Å²) in [4.78, 5) is 11.6. The predicted octanol–water partition coefficient (Wildman–Crippen LogP) is -0.503. The molecule has 0 unspecified atom stereocenters. The molecule has 0 saturated carbocycles. The number of hydrazone groups is 1. The monoisotopic (exact) mass is 251 g/mol. The number of nitrogens with zero attached hydrogens (tertiary/aromatic N) is 5. The van der Waals surface area contributed by atoms with E-state index in [-0.39, 0.29) is 11.5 Å². The molecule has 0 radical (unpaired) electrons. The minimum absolute atomic E-state index is 0.111. The van der Waals surface area contributed by atoms with Crippen LogP contribution in [0.25, 0.3) is 0 Å². The van der Waals surface area contributed by atoms with Crippen molar-refractivity contribution in [3.8, 4) is 0 Å². The van der Waals surface area contributed by atoms with Gasteiger partial charge in [0.05, 0.1) is 5.71 Å². The van der Waals surface area contributed by atoms with Crippen molar-refractivity contribution < 1.29 is 14.1 Å². The SMILES string of the molecule is CC(=NNC(=O)c1nonc1N)c1nonc1C. The van der Waals surface area contributed by atoms with Crippen molar-refractivity contribution in [2.75, 3.05) is 5.73 Å². The molecule has 0 aromatic carbocycles. The highest BCUT2D eigenvalue weighted by Gasteiger charge is 2.16. The number of hydrogen-bond donors (Lipinski definition) is 2. The molecular weight excluding hydrogens is 242 g/mol. The molecule has 0 aliphatic carbocycles. The Morgan fingerprint density at radius 2 is 1.89 bits per heavy atom. The fourth-order valence-corrected chi connectivity index (χ4v) is 1.15. The lowest BCUT2D eigenvalue weighted by molar-refractivity contribution is 0.0945. The van der Waals surface area contributed by atoms with Crippen molar-refractivity contribution in [1.82, 2.24) is 26.1 Å². The Hall–Kier alpha value is -2.78. The molecule has 94 valence electrons. The van der Waals surface area contributed by atoms with E-state index in [4.69, 9.17) is 5.73 Å². The highest BCUT2D eigenvalue weighted by Crippen LogP contribution is 2.04. The van der Waals surface area contributed by atoms with Crippen LogP contribution in [0, 0.1) is 6.92 Å².